The van der Waals surface area contributed by atoms with Crippen molar-refractivity contribution in [3.8, 4) is 0 Å². The van der Waals surface area contributed by atoms with Crippen LogP contribution in [-0.4, -0.2) is 16.3 Å². The molecule has 1 heterocycles. The van der Waals surface area contributed by atoms with Gasteiger partial charge in [-0.1, -0.05) is 0 Å². The van der Waals surface area contributed by atoms with E-state index < -0.39 is 5.69 Å². The van der Waals surface area contributed by atoms with E-state index in [1.165, 1.54) is 6.07 Å². The third kappa shape index (κ3) is 1.19. The number of aldehydes is 1. The molecule has 0 aliphatic rings. The fourth-order valence-corrected chi connectivity index (χ4v) is 0.560. The molecule has 3 N–H and O–H groups in total. The summed E-state index contributed by atoms with van der Waals surface area (Å²) in [6.45, 7) is 0. The summed E-state index contributed by atoms with van der Waals surface area (Å²) in [5.74, 6) is 0.0471. The minimum absolute atomic E-state index is 0.0471. The number of carbonyl (C=O) groups is 1. The summed E-state index contributed by atoms with van der Waals surface area (Å²) in [7, 11) is 0. The van der Waals surface area contributed by atoms with Gasteiger partial charge < -0.3 is 10.7 Å². The standard InChI is InChI=1S/C5H5N3O2/c6-4-1-3(2-9)7-5(10)8-4/h1-2H,(H3,6,7,8,10). The number of rotatable bonds is 1. The van der Waals surface area contributed by atoms with Gasteiger partial charge in [0.1, 0.15) is 5.82 Å². The van der Waals surface area contributed by atoms with Crippen molar-refractivity contribution in [2.75, 3.05) is 5.73 Å². The van der Waals surface area contributed by atoms with E-state index in [9.17, 15) is 9.59 Å². The fourth-order valence-electron chi connectivity index (χ4n) is 0.560. The van der Waals surface area contributed by atoms with Gasteiger partial charge in [-0.05, 0) is 0 Å². The van der Waals surface area contributed by atoms with Crippen molar-refractivity contribution in [3.63, 3.8) is 0 Å². The molecule has 0 saturated carbocycles. The Balaban J connectivity index is 3.32. The molecule has 10 heavy (non-hydrogen) atoms. The molecule has 0 fully saturated rings. The van der Waals surface area contributed by atoms with Gasteiger partial charge in [-0.25, -0.2) is 4.79 Å². The molecule has 0 aliphatic carbocycles. The van der Waals surface area contributed by atoms with Crippen molar-refractivity contribution in [3.05, 3.63) is 22.2 Å². The van der Waals surface area contributed by atoms with Crippen LogP contribution >= 0.6 is 0 Å². The van der Waals surface area contributed by atoms with Gasteiger partial charge in [0, 0.05) is 6.07 Å². The molecule has 0 aromatic carbocycles. The molecular formula is C5H5N3O2. The van der Waals surface area contributed by atoms with Crippen molar-refractivity contribution in [2.45, 2.75) is 0 Å². The zero-order valence-electron chi connectivity index (χ0n) is 5.00. The number of H-pyrrole nitrogens is 1. The van der Waals surface area contributed by atoms with Gasteiger partial charge in [0.05, 0.1) is 5.69 Å². The second-order valence-electron chi connectivity index (χ2n) is 1.68. The largest absolute Gasteiger partial charge is 0.383 e. The van der Waals surface area contributed by atoms with Crippen molar-refractivity contribution in [1.29, 1.82) is 0 Å². The number of carbonyl (C=O) groups excluding carboxylic acids is 1. The Morgan fingerprint density at radius 3 is 2.90 bits per heavy atom. The number of aromatic amines is 1. The first kappa shape index (κ1) is 6.47. The second-order valence-corrected chi connectivity index (χ2v) is 1.68. The lowest BCUT2D eigenvalue weighted by molar-refractivity contribution is 0.111. The van der Waals surface area contributed by atoms with E-state index in [1.807, 2.05) is 0 Å². The number of nitrogens with two attached hydrogens (primary N) is 1. The Hall–Kier alpha value is -1.65. The second kappa shape index (κ2) is 2.30. The van der Waals surface area contributed by atoms with Gasteiger partial charge in [-0.3, -0.25) is 4.79 Å². The Kier molecular flexibility index (Phi) is 1.49. The normalized spacial score (nSPS) is 9.20. The van der Waals surface area contributed by atoms with E-state index in [0.717, 1.165) is 0 Å². The summed E-state index contributed by atoms with van der Waals surface area (Å²) in [5.41, 5.74) is 4.67. The summed E-state index contributed by atoms with van der Waals surface area (Å²) in [4.78, 5) is 26.0. The number of nitrogen functional groups attached to an aromatic ring is 1. The van der Waals surface area contributed by atoms with E-state index >= 15 is 0 Å². The molecule has 1 aromatic rings. The zero-order valence-corrected chi connectivity index (χ0v) is 5.00. The Labute approximate surface area is 55.9 Å². The Morgan fingerprint density at radius 1 is 1.70 bits per heavy atom. The summed E-state index contributed by atoms with van der Waals surface area (Å²) >= 11 is 0. The van der Waals surface area contributed by atoms with Gasteiger partial charge in [-0.15, -0.1) is 0 Å². The minimum atomic E-state index is -0.609. The number of hydrogen-bond donors (Lipinski definition) is 2. The maximum Gasteiger partial charge on any atom is 0.347 e. The van der Waals surface area contributed by atoms with Crippen LogP contribution in [0, 0.1) is 0 Å². The number of anilines is 1. The summed E-state index contributed by atoms with van der Waals surface area (Å²) in [6, 6.07) is 1.29. The van der Waals surface area contributed by atoms with Crippen LogP contribution in [0.15, 0.2) is 10.9 Å². The third-order valence-corrected chi connectivity index (χ3v) is 0.912. The van der Waals surface area contributed by atoms with E-state index in [2.05, 4.69) is 9.97 Å². The van der Waals surface area contributed by atoms with Crippen molar-refractivity contribution in [2.24, 2.45) is 0 Å². The van der Waals surface area contributed by atoms with E-state index in [1.54, 1.807) is 0 Å². The predicted molar refractivity (Wildman–Crippen MR) is 34.7 cm³/mol. The van der Waals surface area contributed by atoms with Crippen LogP contribution in [0.2, 0.25) is 0 Å². The van der Waals surface area contributed by atoms with Crippen LogP contribution in [0.4, 0.5) is 5.82 Å². The van der Waals surface area contributed by atoms with Crippen LogP contribution in [0.25, 0.3) is 0 Å². The first-order valence-corrected chi connectivity index (χ1v) is 2.54. The highest BCUT2D eigenvalue weighted by Crippen LogP contribution is 1.91. The van der Waals surface area contributed by atoms with Crippen LogP contribution < -0.4 is 11.4 Å². The lowest BCUT2D eigenvalue weighted by Gasteiger charge is -1.90. The molecule has 5 heteroatoms. The Morgan fingerprint density at radius 2 is 2.40 bits per heavy atom. The summed E-state index contributed by atoms with van der Waals surface area (Å²) < 4.78 is 0. The highest BCUT2D eigenvalue weighted by Gasteiger charge is 1.93. The molecule has 1 rings (SSSR count). The monoisotopic (exact) mass is 139 g/mol. The zero-order chi connectivity index (χ0) is 7.56. The molecule has 0 spiro atoms. The molecule has 0 amide bonds. The van der Waals surface area contributed by atoms with Gasteiger partial charge in [0.15, 0.2) is 6.29 Å². The van der Waals surface area contributed by atoms with Crippen molar-refractivity contribution >= 4 is 12.1 Å². The first-order valence-electron chi connectivity index (χ1n) is 2.54. The lowest BCUT2D eigenvalue weighted by atomic mass is 10.4. The molecular weight excluding hydrogens is 134 g/mol. The van der Waals surface area contributed by atoms with Crippen LogP contribution in [-0.2, 0) is 0 Å². The van der Waals surface area contributed by atoms with Crippen LogP contribution in [0.3, 0.4) is 0 Å². The van der Waals surface area contributed by atoms with Crippen LogP contribution in [0.5, 0.6) is 0 Å². The van der Waals surface area contributed by atoms with Crippen LogP contribution in [0.1, 0.15) is 10.5 Å². The smallest absolute Gasteiger partial charge is 0.347 e. The van der Waals surface area contributed by atoms with Gasteiger partial charge in [0.25, 0.3) is 0 Å². The van der Waals surface area contributed by atoms with Gasteiger partial charge in [0.2, 0.25) is 0 Å². The lowest BCUT2D eigenvalue weighted by Crippen LogP contribution is -2.14. The number of nitrogens with zero attached hydrogens (tertiary/aromatic N) is 1. The molecule has 0 aliphatic heterocycles. The molecule has 5 nitrogen and oxygen atoms in total. The third-order valence-electron chi connectivity index (χ3n) is 0.912. The fraction of sp³-hybridized carbons (Fsp3) is 0. The average molecular weight is 139 g/mol. The molecule has 0 radical (unpaired) electrons. The summed E-state index contributed by atoms with van der Waals surface area (Å²) in [5, 5.41) is 0. The number of nitrogens with one attached hydrogen (secondary N) is 1. The highest BCUT2D eigenvalue weighted by atomic mass is 16.1. The first-order chi connectivity index (χ1) is 4.72. The SMILES string of the molecule is Nc1cc(C=O)[nH]c(=O)n1. The molecule has 0 unspecified atom stereocenters. The quantitative estimate of drug-likeness (QED) is 0.496. The highest BCUT2D eigenvalue weighted by molar-refractivity contribution is 5.72. The predicted octanol–water partition coefficient (Wildman–Crippen LogP) is -0.835. The topological polar surface area (TPSA) is 88.8 Å². The maximum absolute atomic E-state index is 10.5. The van der Waals surface area contributed by atoms with Crippen molar-refractivity contribution in [1.82, 2.24) is 9.97 Å². The van der Waals surface area contributed by atoms with Crippen molar-refractivity contribution < 1.29 is 4.79 Å². The summed E-state index contributed by atoms with van der Waals surface area (Å²) in [6.07, 6.45) is 0.499. The van der Waals surface area contributed by atoms with E-state index in [4.69, 9.17) is 5.73 Å². The molecule has 52 valence electrons. The Bertz CT molecular complexity index is 304. The van der Waals surface area contributed by atoms with Gasteiger partial charge in [-0.2, -0.15) is 4.98 Å². The minimum Gasteiger partial charge on any atom is -0.383 e. The number of aromatic nitrogens is 2. The van der Waals surface area contributed by atoms with E-state index in [0.29, 0.717) is 6.29 Å². The molecule has 0 bridgehead atoms. The molecule has 1 aromatic heterocycles. The molecule has 0 atom stereocenters. The van der Waals surface area contributed by atoms with E-state index in [-0.39, 0.29) is 11.5 Å². The number of hydrogen-bond acceptors (Lipinski definition) is 4. The molecule has 0 saturated heterocycles. The average Bonchev–Trinajstić information content (AvgIpc) is 1.85. The maximum atomic E-state index is 10.5. The van der Waals surface area contributed by atoms with Gasteiger partial charge >= 0.3 is 5.69 Å².